The molecule has 10 heteroatoms. The number of anilines is 1. The van der Waals surface area contributed by atoms with Gasteiger partial charge in [-0.2, -0.15) is 4.98 Å². The number of aromatic nitrogens is 4. The normalized spacial score (nSPS) is 16.4. The van der Waals surface area contributed by atoms with Gasteiger partial charge in [0.05, 0.1) is 21.8 Å². The zero-order chi connectivity index (χ0) is 24.7. The lowest BCUT2D eigenvalue weighted by atomic mass is 10.0. The van der Waals surface area contributed by atoms with E-state index >= 15 is 0 Å². The Morgan fingerprint density at radius 2 is 2.00 bits per heavy atom. The molecule has 1 saturated heterocycles. The lowest BCUT2D eigenvalue weighted by molar-refractivity contribution is -0.126. The maximum atomic E-state index is 13.5. The average Bonchev–Trinajstić information content (AvgIpc) is 2.79. The Kier molecular flexibility index (Phi) is 6.64. The standard InChI is InChI=1S/C24H26Cl2N6O2/c1-6-18(33)30-9-10-31(15(5)12-30)22-16-11-17(25)21(26)28-23(16)32(24(34)29-22)20-14(4)7-8-27-19(20)13(2)3/h6-8,11,13,15H,1,9-10,12H2,2-5H3/t15-/m0/s1. The van der Waals surface area contributed by atoms with Gasteiger partial charge in [-0.05, 0) is 43.5 Å². The van der Waals surface area contributed by atoms with Gasteiger partial charge in [0, 0.05) is 31.9 Å². The summed E-state index contributed by atoms with van der Waals surface area (Å²) in [4.78, 5) is 42.9. The number of piperazine rings is 1. The predicted molar refractivity (Wildman–Crippen MR) is 135 cm³/mol. The Morgan fingerprint density at radius 1 is 1.26 bits per heavy atom. The predicted octanol–water partition coefficient (Wildman–Crippen LogP) is 4.14. The van der Waals surface area contributed by atoms with Crippen molar-refractivity contribution in [1.82, 2.24) is 24.4 Å². The summed E-state index contributed by atoms with van der Waals surface area (Å²) in [5.41, 5.74) is 2.15. The van der Waals surface area contributed by atoms with Gasteiger partial charge in [0.15, 0.2) is 5.65 Å². The van der Waals surface area contributed by atoms with E-state index in [0.29, 0.717) is 42.2 Å². The molecule has 8 nitrogen and oxygen atoms in total. The molecule has 4 heterocycles. The number of nitrogens with zero attached hydrogens (tertiary/aromatic N) is 6. The second-order valence-corrected chi connectivity index (χ2v) is 9.50. The maximum absolute atomic E-state index is 13.5. The van der Waals surface area contributed by atoms with Gasteiger partial charge in [-0.3, -0.25) is 9.78 Å². The van der Waals surface area contributed by atoms with Crippen LogP contribution in [0.4, 0.5) is 5.82 Å². The number of carbonyl (C=O) groups excluding carboxylic acids is 1. The second-order valence-electron chi connectivity index (χ2n) is 8.73. The monoisotopic (exact) mass is 500 g/mol. The maximum Gasteiger partial charge on any atom is 0.355 e. The van der Waals surface area contributed by atoms with E-state index in [1.54, 1.807) is 17.2 Å². The molecular weight excluding hydrogens is 475 g/mol. The van der Waals surface area contributed by atoms with Crippen molar-refractivity contribution in [3.63, 3.8) is 0 Å². The van der Waals surface area contributed by atoms with Gasteiger partial charge in [-0.15, -0.1) is 0 Å². The molecule has 0 unspecified atom stereocenters. The Hall–Kier alpha value is -2.97. The summed E-state index contributed by atoms with van der Waals surface area (Å²) < 4.78 is 1.47. The molecule has 0 bridgehead atoms. The van der Waals surface area contributed by atoms with Gasteiger partial charge >= 0.3 is 5.69 Å². The molecule has 0 aliphatic carbocycles. The quantitative estimate of drug-likeness (QED) is 0.395. The van der Waals surface area contributed by atoms with Crippen LogP contribution in [-0.2, 0) is 4.79 Å². The van der Waals surface area contributed by atoms with Gasteiger partial charge in [-0.1, -0.05) is 43.6 Å². The van der Waals surface area contributed by atoms with Crippen molar-refractivity contribution < 1.29 is 4.79 Å². The number of carbonyl (C=O) groups is 1. The SMILES string of the molecule is C=CC(=O)N1CCN(c2nc(=O)n(-c3c(C)ccnc3C(C)C)c3nc(Cl)c(Cl)cc23)[C@@H](C)C1. The van der Waals surface area contributed by atoms with E-state index < -0.39 is 5.69 Å². The fraction of sp³-hybridized carbons (Fsp3) is 0.375. The van der Waals surface area contributed by atoms with E-state index in [9.17, 15) is 9.59 Å². The van der Waals surface area contributed by atoms with E-state index in [4.69, 9.17) is 23.2 Å². The van der Waals surface area contributed by atoms with Crippen LogP contribution in [0.2, 0.25) is 10.2 Å². The van der Waals surface area contributed by atoms with E-state index in [2.05, 4.69) is 21.5 Å². The molecule has 0 spiro atoms. The Labute approximate surface area is 207 Å². The summed E-state index contributed by atoms with van der Waals surface area (Å²) in [6.45, 7) is 13.0. The summed E-state index contributed by atoms with van der Waals surface area (Å²) in [6.07, 6.45) is 3.04. The van der Waals surface area contributed by atoms with Gasteiger partial charge in [0.25, 0.3) is 0 Å². The number of hydrogen-bond donors (Lipinski definition) is 0. The highest BCUT2D eigenvalue weighted by molar-refractivity contribution is 6.41. The number of halogens is 2. The number of aryl methyl sites for hydroxylation is 1. The largest absolute Gasteiger partial charge is 0.355 e. The molecule has 4 rings (SSSR count). The molecule has 0 saturated carbocycles. The van der Waals surface area contributed by atoms with E-state index in [0.717, 1.165) is 11.3 Å². The zero-order valence-electron chi connectivity index (χ0n) is 19.5. The number of amides is 1. The van der Waals surface area contributed by atoms with Crippen molar-refractivity contribution >= 4 is 46.0 Å². The lowest BCUT2D eigenvalue weighted by Crippen LogP contribution is -2.54. The third kappa shape index (κ3) is 4.16. The molecule has 1 fully saturated rings. The minimum Gasteiger partial charge on any atom is -0.350 e. The smallest absolute Gasteiger partial charge is 0.350 e. The van der Waals surface area contributed by atoms with Gasteiger partial charge in [0.2, 0.25) is 5.91 Å². The first-order valence-corrected chi connectivity index (χ1v) is 11.8. The molecule has 3 aromatic rings. The topological polar surface area (TPSA) is 84.2 Å². The summed E-state index contributed by atoms with van der Waals surface area (Å²) in [5, 5.41) is 0.964. The number of hydrogen-bond acceptors (Lipinski definition) is 6. The summed E-state index contributed by atoms with van der Waals surface area (Å²) in [7, 11) is 0. The van der Waals surface area contributed by atoms with Crippen molar-refractivity contribution in [2.75, 3.05) is 24.5 Å². The number of pyridine rings is 2. The van der Waals surface area contributed by atoms with E-state index in [1.165, 1.54) is 10.6 Å². The van der Waals surface area contributed by atoms with Gasteiger partial charge in [-0.25, -0.2) is 14.3 Å². The van der Waals surface area contributed by atoms with Crippen molar-refractivity contribution in [3.8, 4) is 5.69 Å². The van der Waals surface area contributed by atoms with Gasteiger partial charge < -0.3 is 9.80 Å². The molecule has 0 N–H and O–H groups in total. The summed E-state index contributed by atoms with van der Waals surface area (Å²) in [6, 6.07) is 3.45. The van der Waals surface area contributed by atoms with Crippen LogP contribution in [0.1, 0.15) is 37.9 Å². The van der Waals surface area contributed by atoms with Crippen molar-refractivity contribution in [3.05, 3.63) is 62.9 Å². The van der Waals surface area contributed by atoms with E-state index in [1.807, 2.05) is 38.7 Å². The number of fused-ring (bicyclic) bond motifs is 1. The molecule has 34 heavy (non-hydrogen) atoms. The van der Waals surface area contributed by atoms with E-state index in [-0.39, 0.29) is 28.0 Å². The van der Waals surface area contributed by atoms with Crippen LogP contribution in [0.25, 0.3) is 16.7 Å². The highest BCUT2D eigenvalue weighted by Crippen LogP contribution is 2.33. The molecule has 1 aliphatic rings. The summed E-state index contributed by atoms with van der Waals surface area (Å²) in [5.74, 6) is 0.410. The molecule has 0 aromatic carbocycles. The van der Waals surface area contributed by atoms with Crippen molar-refractivity contribution in [1.29, 1.82) is 0 Å². The molecule has 0 radical (unpaired) electrons. The second kappa shape index (κ2) is 9.35. The Balaban J connectivity index is 1.96. The van der Waals surface area contributed by atoms with Crippen LogP contribution in [0.15, 0.2) is 35.8 Å². The van der Waals surface area contributed by atoms with Crippen LogP contribution in [-0.4, -0.2) is 56.0 Å². The highest BCUT2D eigenvalue weighted by atomic mass is 35.5. The number of rotatable bonds is 4. The minimum absolute atomic E-state index is 0.0646. The first-order chi connectivity index (χ1) is 16.1. The highest BCUT2D eigenvalue weighted by Gasteiger charge is 2.30. The fourth-order valence-corrected chi connectivity index (χ4v) is 4.68. The minimum atomic E-state index is -0.483. The van der Waals surface area contributed by atoms with Gasteiger partial charge in [0.1, 0.15) is 11.0 Å². The molecule has 178 valence electrons. The van der Waals surface area contributed by atoms with Crippen LogP contribution >= 0.6 is 23.2 Å². The summed E-state index contributed by atoms with van der Waals surface area (Å²) >= 11 is 12.7. The van der Waals surface area contributed by atoms with Crippen molar-refractivity contribution in [2.24, 2.45) is 0 Å². The van der Waals surface area contributed by atoms with Crippen molar-refractivity contribution in [2.45, 2.75) is 39.7 Å². The average molecular weight is 501 g/mol. The van der Waals surface area contributed by atoms with Crippen LogP contribution in [0, 0.1) is 6.92 Å². The molecule has 3 aromatic heterocycles. The Bertz CT molecular complexity index is 1350. The molecule has 1 aliphatic heterocycles. The molecular formula is C24H26Cl2N6O2. The van der Waals surface area contributed by atoms with Crippen LogP contribution in [0.5, 0.6) is 0 Å². The zero-order valence-corrected chi connectivity index (χ0v) is 21.1. The molecule has 1 amide bonds. The Morgan fingerprint density at radius 3 is 2.65 bits per heavy atom. The lowest BCUT2D eigenvalue weighted by Gasteiger charge is -2.40. The first kappa shape index (κ1) is 24.2. The first-order valence-electron chi connectivity index (χ1n) is 11.1. The molecule has 1 atom stereocenters. The van der Waals surface area contributed by atoms with Crippen LogP contribution in [0.3, 0.4) is 0 Å². The fourth-order valence-electron chi connectivity index (χ4n) is 4.39. The third-order valence-corrected chi connectivity index (χ3v) is 6.74. The third-order valence-electron chi connectivity index (χ3n) is 6.07. The van der Waals surface area contributed by atoms with Crippen LogP contribution < -0.4 is 10.6 Å².